The zero-order chi connectivity index (χ0) is 22.8. The Bertz CT molecular complexity index is 1220. The van der Waals surface area contributed by atoms with E-state index in [1.807, 2.05) is 30.5 Å². The molecular weight excluding hydrogens is 429 g/mol. The van der Waals surface area contributed by atoms with Gasteiger partial charge < -0.3 is 15.0 Å². The van der Waals surface area contributed by atoms with E-state index in [-0.39, 0.29) is 17.2 Å². The number of halogens is 1. The standard InChI is InChI=1S/C24H24FN3O3S/c1-27-21(29)12-16-10-11-28(14-15-4-6-17(31-2)7-5-15)24(30)22(16)23(27)26-20-9-8-18(32-3)13-19(20)25/h4-9,12-13,26H,10-11,14H2,1-3H3. The number of anilines is 2. The normalized spacial score (nSPS) is 13.1. The van der Waals surface area contributed by atoms with E-state index < -0.39 is 5.82 Å². The van der Waals surface area contributed by atoms with E-state index in [0.29, 0.717) is 36.5 Å². The number of ether oxygens (including phenoxy) is 1. The molecule has 1 aliphatic heterocycles. The fourth-order valence-electron chi connectivity index (χ4n) is 3.80. The number of hydrogen-bond acceptors (Lipinski definition) is 5. The zero-order valence-electron chi connectivity index (χ0n) is 18.1. The number of amides is 1. The summed E-state index contributed by atoms with van der Waals surface area (Å²) >= 11 is 1.44. The summed E-state index contributed by atoms with van der Waals surface area (Å²) in [4.78, 5) is 28.5. The molecule has 6 nitrogen and oxygen atoms in total. The average molecular weight is 454 g/mol. The highest BCUT2D eigenvalue weighted by Crippen LogP contribution is 2.30. The van der Waals surface area contributed by atoms with Crippen LogP contribution in [0.25, 0.3) is 0 Å². The molecule has 0 radical (unpaired) electrons. The van der Waals surface area contributed by atoms with Crippen LogP contribution in [0.5, 0.6) is 5.75 Å². The second-order valence-corrected chi connectivity index (χ2v) is 8.47. The molecule has 1 N–H and O–H groups in total. The molecule has 32 heavy (non-hydrogen) atoms. The van der Waals surface area contributed by atoms with Crippen molar-refractivity contribution in [3.05, 3.63) is 81.4 Å². The number of nitrogens with zero attached hydrogens (tertiary/aromatic N) is 2. The quantitative estimate of drug-likeness (QED) is 0.567. The van der Waals surface area contributed by atoms with Crippen molar-refractivity contribution in [1.29, 1.82) is 0 Å². The topological polar surface area (TPSA) is 63.6 Å². The molecular formula is C24H24FN3O3S. The van der Waals surface area contributed by atoms with Crippen LogP contribution >= 0.6 is 11.8 Å². The van der Waals surface area contributed by atoms with Gasteiger partial charge in [-0.1, -0.05) is 12.1 Å². The molecule has 0 aliphatic carbocycles. The SMILES string of the molecule is COc1ccc(CN2CCc3cc(=O)n(C)c(Nc4ccc(SC)cc4F)c3C2=O)cc1. The lowest BCUT2D eigenvalue weighted by molar-refractivity contribution is 0.0727. The fourth-order valence-corrected chi connectivity index (χ4v) is 4.22. The summed E-state index contributed by atoms with van der Waals surface area (Å²) in [6, 6.07) is 13.9. The number of nitrogens with one attached hydrogen (secondary N) is 1. The van der Waals surface area contributed by atoms with Crippen LogP contribution in [-0.4, -0.2) is 35.3 Å². The maximum atomic E-state index is 14.6. The number of rotatable bonds is 6. The Kier molecular flexibility index (Phi) is 6.23. The first kappa shape index (κ1) is 22.0. The van der Waals surface area contributed by atoms with E-state index in [2.05, 4.69) is 5.32 Å². The molecule has 2 heterocycles. The molecule has 1 amide bonds. The van der Waals surface area contributed by atoms with Gasteiger partial charge in [0.2, 0.25) is 0 Å². The third-order valence-electron chi connectivity index (χ3n) is 5.64. The molecule has 0 unspecified atom stereocenters. The monoisotopic (exact) mass is 453 g/mol. The molecule has 0 spiro atoms. The van der Waals surface area contributed by atoms with Crippen LogP contribution in [0.4, 0.5) is 15.9 Å². The number of benzene rings is 2. The van der Waals surface area contributed by atoms with Crippen LogP contribution in [0.15, 0.2) is 58.2 Å². The fraction of sp³-hybridized carbons (Fsp3) is 0.250. The minimum Gasteiger partial charge on any atom is -0.497 e. The van der Waals surface area contributed by atoms with E-state index in [0.717, 1.165) is 16.2 Å². The molecule has 0 saturated heterocycles. The van der Waals surface area contributed by atoms with Crippen LogP contribution in [-0.2, 0) is 20.0 Å². The van der Waals surface area contributed by atoms with Crippen molar-refractivity contribution < 1.29 is 13.9 Å². The van der Waals surface area contributed by atoms with E-state index in [1.54, 1.807) is 31.2 Å². The van der Waals surface area contributed by atoms with Crippen LogP contribution in [0.2, 0.25) is 0 Å². The number of carbonyl (C=O) groups excluding carboxylic acids is 1. The highest BCUT2D eigenvalue weighted by Gasteiger charge is 2.29. The average Bonchev–Trinajstić information content (AvgIpc) is 2.80. The lowest BCUT2D eigenvalue weighted by Crippen LogP contribution is -2.39. The predicted octanol–water partition coefficient (Wildman–Crippen LogP) is 4.20. The Labute approximate surface area is 190 Å². The van der Waals surface area contributed by atoms with Gasteiger partial charge in [-0.3, -0.25) is 14.2 Å². The number of pyridine rings is 1. The smallest absolute Gasteiger partial charge is 0.258 e. The molecule has 1 aliphatic rings. The highest BCUT2D eigenvalue weighted by molar-refractivity contribution is 7.98. The predicted molar refractivity (Wildman–Crippen MR) is 125 cm³/mol. The number of hydrogen-bond donors (Lipinski definition) is 1. The Morgan fingerprint density at radius 1 is 1.12 bits per heavy atom. The first-order valence-electron chi connectivity index (χ1n) is 10.2. The Hall–Kier alpha value is -3.26. The molecule has 0 fully saturated rings. The van der Waals surface area contributed by atoms with Gasteiger partial charge in [0.15, 0.2) is 0 Å². The van der Waals surface area contributed by atoms with Crippen LogP contribution in [0.1, 0.15) is 21.5 Å². The highest BCUT2D eigenvalue weighted by atomic mass is 32.2. The summed E-state index contributed by atoms with van der Waals surface area (Å²) in [5.74, 6) is 0.411. The van der Waals surface area contributed by atoms with Gasteiger partial charge in [-0.2, -0.15) is 0 Å². The van der Waals surface area contributed by atoms with Gasteiger partial charge in [-0.05, 0) is 54.1 Å². The summed E-state index contributed by atoms with van der Waals surface area (Å²) in [5.41, 5.74) is 2.02. The summed E-state index contributed by atoms with van der Waals surface area (Å²) in [5, 5.41) is 3.01. The van der Waals surface area contributed by atoms with E-state index in [4.69, 9.17) is 4.74 Å². The molecule has 0 saturated carbocycles. The van der Waals surface area contributed by atoms with Crippen molar-refractivity contribution >= 4 is 29.2 Å². The van der Waals surface area contributed by atoms with Crippen LogP contribution in [0, 0.1) is 5.82 Å². The molecule has 1 aromatic heterocycles. The van der Waals surface area contributed by atoms with Crippen molar-refractivity contribution in [2.24, 2.45) is 7.05 Å². The minimum absolute atomic E-state index is 0.193. The van der Waals surface area contributed by atoms with Gasteiger partial charge in [-0.25, -0.2) is 4.39 Å². The van der Waals surface area contributed by atoms with Gasteiger partial charge in [-0.15, -0.1) is 11.8 Å². The lowest BCUT2D eigenvalue weighted by Gasteiger charge is -2.31. The van der Waals surface area contributed by atoms with Gasteiger partial charge >= 0.3 is 0 Å². The second-order valence-electron chi connectivity index (χ2n) is 7.59. The van der Waals surface area contributed by atoms with Gasteiger partial charge in [0.05, 0.1) is 18.4 Å². The van der Waals surface area contributed by atoms with Crippen LogP contribution in [0.3, 0.4) is 0 Å². The Morgan fingerprint density at radius 3 is 2.53 bits per heavy atom. The third kappa shape index (κ3) is 4.23. The third-order valence-corrected chi connectivity index (χ3v) is 6.36. The van der Waals surface area contributed by atoms with Gasteiger partial charge in [0.25, 0.3) is 11.5 Å². The number of carbonyl (C=O) groups is 1. The summed E-state index contributed by atoms with van der Waals surface area (Å²) in [6.45, 7) is 0.933. The van der Waals surface area contributed by atoms with Crippen molar-refractivity contribution in [2.45, 2.75) is 17.9 Å². The van der Waals surface area contributed by atoms with Gasteiger partial charge in [0.1, 0.15) is 17.4 Å². The van der Waals surface area contributed by atoms with Crippen molar-refractivity contribution in [3.63, 3.8) is 0 Å². The second kappa shape index (κ2) is 9.08. The van der Waals surface area contributed by atoms with Crippen molar-refractivity contribution in [2.75, 3.05) is 25.2 Å². The molecule has 3 aromatic rings. The Morgan fingerprint density at radius 2 is 1.88 bits per heavy atom. The Balaban J connectivity index is 1.69. The maximum absolute atomic E-state index is 14.6. The first-order valence-corrected chi connectivity index (χ1v) is 11.4. The molecule has 8 heteroatoms. The summed E-state index contributed by atoms with van der Waals surface area (Å²) in [7, 11) is 3.19. The maximum Gasteiger partial charge on any atom is 0.258 e. The molecule has 4 rings (SSSR count). The number of methoxy groups -OCH3 is 1. The summed E-state index contributed by atoms with van der Waals surface area (Å²) in [6.07, 6.45) is 2.42. The number of aromatic nitrogens is 1. The number of thioether (sulfide) groups is 1. The largest absolute Gasteiger partial charge is 0.497 e. The lowest BCUT2D eigenvalue weighted by atomic mass is 9.99. The van der Waals surface area contributed by atoms with E-state index in [9.17, 15) is 14.0 Å². The minimum atomic E-state index is -0.444. The van der Waals surface area contributed by atoms with Crippen molar-refractivity contribution in [3.8, 4) is 5.75 Å². The number of fused-ring (bicyclic) bond motifs is 1. The summed E-state index contributed by atoms with van der Waals surface area (Å²) < 4.78 is 21.2. The van der Waals surface area contributed by atoms with E-state index in [1.165, 1.54) is 28.5 Å². The molecule has 0 atom stereocenters. The van der Waals surface area contributed by atoms with E-state index >= 15 is 0 Å². The van der Waals surface area contributed by atoms with Gasteiger partial charge in [0, 0.05) is 31.1 Å². The molecule has 166 valence electrons. The molecule has 2 aromatic carbocycles. The zero-order valence-corrected chi connectivity index (χ0v) is 19.0. The van der Waals surface area contributed by atoms with Crippen LogP contribution < -0.4 is 15.6 Å². The van der Waals surface area contributed by atoms with Crippen molar-refractivity contribution in [1.82, 2.24) is 9.47 Å². The first-order chi connectivity index (χ1) is 15.4. The molecule has 0 bridgehead atoms.